The second-order valence-corrected chi connectivity index (χ2v) is 1.10. The Kier molecular flexibility index (Phi) is 17.5. The van der Waals surface area contributed by atoms with Crippen LogP contribution in [0, 0.1) is 0 Å². The Hall–Kier alpha value is -1.08. The van der Waals surface area contributed by atoms with Gasteiger partial charge in [0.05, 0.1) is 8.41 Å². The molecule has 0 saturated carbocycles. The maximum Gasteiger partial charge on any atom is 0.329 e. The SMILES string of the molecule is B.O=C(O)CO.O=C(O)CO. The summed E-state index contributed by atoms with van der Waals surface area (Å²) in [7, 11) is 0. The summed E-state index contributed by atoms with van der Waals surface area (Å²) in [6.45, 7) is -1.56. The van der Waals surface area contributed by atoms with Gasteiger partial charge in [0.2, 0.25) is 0 Å². The molecule has 7 heteroatoms. The van der Waals surface area contributed by atoms with E-state index >= 15 is 0 Å². The van der Waals surface area contributed by atoms with E-state index in [1.54, 1.807) is 0 Å². The first-order valence-corrected chi connectivity index (χ1v) is 2.20. The van der Waals surface area contributed by atoms with Crippen LogP contribution in [0.5, 0.6) is 0 Å². The number of hydrogen-bond donors (Lipinski definition) is 4. The molecule has 0 radical (unpaired) electrons. The molecule has 0 fully saturated rings. The zero-order valence-electron chi connectivity index (χ0n) is 5.02. The van der Waals surface area contributed by atoms with Crippen molar-refractivity contribution >= 4 is 20.4 Å². The van der Waals surface area contributed by atoms with E-state index in [1.807, 2.05) is 0 Å². The van der Waals surface area contributed by atoms with Crippen molar-refractivity contribution in [3.63, 3.8) is 0 Å². The van der Waals surface area contributed by atoms with Gasteiger partial charge in [-0.25, -0.2) is 9.59 Å². The summed E-state index contributed by atoms with van der Waals surface area (Å²) in [4.78, 5) is 18.2. The molecule has 0 rings (SSSR count). The maximum atomic E-state index is 9.12. The normalized spacial score (nSPS) is 6.73. The molecule has 4 N–H and O–H groups in total. The highest BCUT2D eigenvalue weighted by atomic mass is 16.4. The molecule has 0 saturated heterocycles. The number of aliphatic hydroxyl groups excluding tert-OH is 2. The van der Waals surface area contributed by atoms with Crippen LogP contribution in [0.15, 0.2) is 0 Å². The van der Waals surface area contributed by atoms with E-state index in [0.29, 0.717) is 0 Å². The summed E-state index contributed by atoms with van der Waals surface area (Å²) in [5.74, 6) is -2.38. The summed E-state index contributed by atoms with van der Waals surface area (Å²) >= 11 is 0. The Morgan fingerprint density at radius 1 is 0.909 bits per heavy atom. The average Bonchev–Trinajstić information content (AvgIpc) is 1.89. The van der Waals surface area contributed by atoms with E-state index in [0.717, 1.165) is 0 Å². The smallest absolute Gasteiger partial charge is 0.329 e. The molecule has 0 heterocycles. The van der Waals surface area contributed by atoms with Gasteiger partial charge in [-0.15, -0.1) is 0 Å². The molecule has 0 aliphatic heterocycles. The van der Waals surface area contributed by atoms with E-state index in [9.17, 15) is 0 Å². The molecule has 0 aromatic rings. The van der Waals surface area contributed by atoms with Gasteiger partial charge < -0.3 is 20.4 Å². The number of carboxylic acids is 2. The third kappa shape index (κ3) is 50.0. The molecule has 0 atom stereocenters. The van der Waals surface area contributed by atoms with Gasteiger partial charge in [-0.2, -0.15) is 0 Å². The van der Waals surface area contributed by atoms with Crippen molar-refractivity contribution in [3.8, 4) is 0 Å². The fourth-order valence-electron chi connectivity index (χ4n) is 0. The van der Waals surface area contributed by atoms with Crippen LogP contribution in [-0.4, -0.2) is 54.0 Å². The highest BCUT2D eigenvalue weighted by molar-refractivity contribution is 5.75. The maximum absolute atomic E-state index is 9.12. The molecular weight excluding hydrogens is 155 g/mol. The zero-order chi connectivity index (χ0) is 8.57. The summed E-state index contributed by atoms with van der Waals surface area (Å²) < 4.78 is 0. The van der Waals surface area contributed by atoms with Crippen molar-refractivity contribution < 1.29 is 30.0 Å². The minimum absolute atomic E-state index is 0. The lowest BCUT2D eigenvalue weighted by molar-refractivity contribution is -0.141. The lowest BCUT2D eigenvalue weighted by Gasteiger charge is -1.72. The summed E-state index contributed by atoms with van der Waals surface area (Å²) in [5, 5.41) is 30.0. The predicted octanol–water partition coefficient (Wildman–Crippen LogP) is -3.06. The molecule has 0 unspecified atom stereocenters. The molecule has 11 heavy (non-hydrogen) atoms. The zero-order valence-corrected chi connectivity index (χ0v) is 5.02. The fraction of sp³-hybridized carbons (Fsp3) is 0.500. The van der Waals surface area contributed by atoms with Crippen LogP contribution in [0.3, 0.4) is 0 Å². The highest BCUT2D eigenvalue weighted by Crippen LogP contribution is 1.49. The van der Waals surface area contributed by atoms with Crippen molar-refractivity contribution in [1.82, 2.24) is 0 Å². The standard InChI is InChI=1S/2C2H4O3.BH3/c2*3-1-2(4)5;/h2*3H,1H2,(H,4,5);1H3. The van der Waals surface area contributed by atoms with Crippen LogP contribution in [0.25, 0.3) is 0 Å². The molecule has 0 amide bonds. The lowest BCUT2D eigenvalue weighted by atomic mass is 10.8. The van der Waals surface area contributed by atoms with E-state index < -0.39 is 25.2 Å². The molecule has 0 spiro atoms. The van der Waals surface area contributed by atoms with Crippen molar-refractivity contribution in [2.24, 2.45) is 0 Å². The lowest BCUT2D eigenvalue weighted by Crippen LogP contribution is -1.98. The van der Waals surface area contributed by atoms with Crippen LogP contribution >= 0.6 is 0 Å². The Balaban J connectivity index is -0.000000107. The van der Waals surface area contributed by atoms with Crippen molar-refractivity contribution in [3.05, 3.63) is 0 Å². The topological polar surface area (TPSA) is 115 Å². The Morgan fingerprint density at radius 3 is 1.00 bits per heavy atom. The second-order valence-electron chi connectivity index (χ2n) is 1.10. The molecule has 66 valence electrons. The third-order valence-corrected chi connectivity index (χ3v) is 0.271. The molecule has 0 aliphatic rings. The number of rotatable bonds is 2. The van der Waals surface area contributed by atoms with E-state index in [2.05, 4.69) is 0 Å². The summed E-state index contributed by atoms with van der Waals surface area (Å²) in [5.41, 5.74) is 0. The molecular formula is C4H11BO6. The Labute approximate surface area is 64.7 Å². The van der Waals surface area contributed by atoms with Gasteiger partial charge in [0, 0.05) is 0 Å². The first-order chi connectivity index (χ1) is 4.54. The number of carbonyl (C=O) groups is 2. The number of hydrogen-bond acceptors (Lipinski definition) is 4. The number of aliphatic hydroxyl groups is 2. The monoisotopic (exact) mass is 166 g/mol. The minimum Gasteiger partial charge on any atom is -0.480 e. The Bertz CT molecular complexity index is 99.1. The second kappa shape index (κ2) is 11.7. The summed E-state index contributed by atoms with van der Waals surface area (Å²) in [6, 6.07) is 0. The Morgan fingerprint density at radius 2 is 1.00 bits per heavy atom. The number of aliphatic carboxylic acids is 2. The van der Waals surface area contributed by atoms with E-state index in [1.165, 1.54) is 0 Å². The largest absolute Gasteiger partial charge is 0.480 e. The van der Waals surface area contributed by atoms with Crippen LogP contribution in [-0.2, 0) is 9.59 Å². The van der Waals surface area contributed by atoms with Crippen molar-refractivity contribution in [2.45, 2.75) is 0 Å². The minimum atomic E-state index is -1.19. The van der Waals surface area contributed by atoms with Gasteiger partial charge in [0.15, 0.2) is 0 Å². The molecule has 0 bridgehead atoms. The van der Waals surface area contributed by atoms with Gasteiger partial charge in [-0.1, -0.05) is 0 Å². The predicted molar refractivity (Wildman–Crippen MR) is 39.4 cm³/mol. The molecule has 0 aliphatic carbocycles. The molecule has 0 aromatic carbocycles. The van der Waals surface area contributed by atoms with E-state index in [-0.39, 0.29) is 8.41 Å². The highest BCUT2D eigenvalue weighted by Gasteiger charge is 1.83. The first-order valence-electron chi connectivity index (χ1n) is 2.20. The first kappa shape index (κ1) is 16.5. The molecule has 6 nitrogen and oxygen atoms in total. The van der Waals surface area contributed by atoms with Gasteiger partial charge in [0.25, 0.3) is 0 Å². The summed E-state index contributed by atoms with van der Waals surface area (Å²) in [6.07, 6.45) is 0. The quantitative estimate of drug-likeness (QED) is 0.324. The van der Waals surface area contributed by atoms with Crippen molar-refractivity contribution in [1.29, 1.82) is 0 Å². The van der Waals surface area contributed by atoms with Gasteiger partial charge in [0.1, 0.15) is 13.2 Å². The third-order valence-electron chi connectivity index (χ3n) is 0.271. The van der Waals surface area contributed by atoms with Crippen molar-refractivity contribution in [2.75, 3.05) is 13.2 Å². The average molecular weight is 166 g/mol. The van der Waals surface area contributed by atoms with E-state index in [4.69, 9.17) is 30.0 Å². The van der Waals surface area contributed by atoms with Crippen LogP contribution in [0.1, 0.15) is 0 Å². The van der Waals surface area contributed by atoms with Gasteiger partial charge in [-0.3, -0.25) is 0 Å². The number of carboxylic acid groups (broad SMARTS) is 2. The van der Waals surface area contributed by atoms with Gasteiger partial charge in [-0.05, 0) is 0 Å². The fourth-order valence-corrected chi connectivity index (χ4v) is 0. The van der Waals surface area contributed by atoms with Gasteiger partial charge >= 0.3 is 11.9 Å². The van der Waals surface area contributed by atoms with Crippen LogP contribution in [0.2, 0.25) is 0 Å². The van der Waals surface area contributed by atoms with Crippen LogP contribution in [0.4, 0.5) is 0 Å². The van der Waals surface area contributed by atoms with Crippen LogP contribution < -0.4 is 0 Å². The molecule has 0 aromatic heterocycles.